The zero-order valence-corrected chi connectivity index (χ0v) is 12.4. The first-order valence-corrected chi connectivity index (χ1v) is 7.56. The van der Waals surface area contributed by atoms with Crippen LogP contribution in [0.2, 0.25) is 0 Å². The molecule has 0 bridgehead atoms. The highest BCUT2D eigenvalue weighted by molar-refractivity contribution is 5.87. The van der Waals surface area contributed by atoms with Crippen molar-refractivity contribution in [1.82, 2.24) is 5.32 Å². The molecule has 1 fully saturated rings. The Balaban J connectivity index is 1.99. The van der Waals surface area contributed by atoms with Gasteiger partial charge in [-0.3, -0.25) is 0 Å². The highest BCUT2D eigenvalue weighted by atomic mass is 16.5. The third-order valence-corrected chi connectivity index (χ3v) is 4.41. The standard InChI is InChI=1S/C18H23NO/c1-13-9-10-14-6-3-4-8-16(14)18(13)17(19-2)12-15-7-5-11-20-15/h3-4,6,8-10,15,17,19H,5,7,11-12H2,1-2H3. The van der Waals surface area contributed by atoms with Gasteiger partial charge in [-0.15, -0.1) is 0 Å². The summed E-state index contributed by atoms with van der Waals surface area (Å²) in [5.41, 5.74) is 2.79. The molecule has 1 aliphatic heterocycles. The van der Waals surface area contributed by atoms with Gasteiger partial charge in [-0.2, -0.15) is 0 Å². The molecule has 1 heterocycles. The van der Waals surface area contributed by atoms with Crippen molar-refractivity contribution in [3.05, 3.63) is 47.5 Å². The van der Waals surface area contributed by atoms with E-state index in [1.54, 1.807) is 0 Å². The number of benzene rings is 2. The van der Waals surface area contributed by atoms with Crippen LogP contribution in [0.1, 0.15) is 36.4 Å². The van der Waals surface area contributed by atoms with E-state index in [1.165, 1.54) is 34.7 Å². The van der Waals surface area contributed by atoms with Gasteiger partial charge < -0.3 is 10.1 Å². The fourth-order valence-electron chi connectivity index (χ4n) is 3.34. The molecular weight excluding hydrogens is 246 g/mol. The van der Waals surface area contributed by atoms with Gasteiger partial charge >= 0.3 is 0 Å². The van der Waals surface area contributed by atoms with Gasteiger partial charge in [0.05, 0.1) is 6.10 Å². The zero-order chi connectivity index (χ0) is 13.9. The third-order valence-electron chi connectivity index (χ3n) is 4.41. The first-order valence-electron chi connectivity index (χ1n) is 7.56. The summed E-state index contributed by atoms with van der Waals surface area (Å²) >= 11 is 0. The lowest BCUT2D eigenvalue weighted by atomic mass is 9.91. The van der Waals surface area contributed by atoms with Crippen molar-refractivity contribution >= 4 is 10.8 Å². The van der Waals surface area contributed by atoms with Gasteiger partial charge in [0, 0.05) is 12.6 Å². The van der Waals surface area contributed by atoms with Crippen LogP contribution in [0.5, 0.6) is 0 Å². The van der Waals surface area contributed by atoms with Gasteiger partial charge in [0.2, 0.25) is 0 Å². The molecule has 0 saturated carbocycles. The van der Waals surface area contributed by atoms with Crippen molar-refractivity contribution < 1.29 is 4.74 Å². The molecule has 1 saturated heterocycles. The quantitative estimate of drug-likeness (QED) is 0.906. The molecule has 0 aliphatic carbocycles. The fourth-order valence-corrected chi connectivity index (χ4v) is 3.34. The molecule has 2 atom stereocenters. The Morgan fingerprint density at radius 1 is 1.25 bits per heavy atom. The highest BCUT2D eigenvalue weighted by Gasteiger charge is 2.23. The van der Waals surface area contributed by atoms with E-state index >= 15 is 0 Å². The van der Waals surface area contributed by atoms with Crippen LogP contribution in [-0.2, 0) is 4.74 Å². The van der Waals surface area contributed by atoms with Crippen LogP contribution in [0.15, 0.2) is 36.4 Å². The van der Waals surface area contributed by atoms with Gasteiger partial charge in [0.15, 0.2) is 0 Å². The average Bonchev–Trinajstić information content (AvgIpc) is 2.98. The van der Waals surface area contributed by atoms with E-state index in [4.69, 9.17) is 4.74 Å². The van der Waals surface area contributed by atoms with Crippen LogP contribution in [0.3, 0.4) is 0 Å². The molecule has 2 aromatic carbocycles. The van der Waals surface area contributed by atoms with Crippen LogP contribution in [0.25, 0.3) is 10.8 Å². The average molecular weight is 269 g/mol. The summed E-state index contributed by atoms with van der Waals surface area (Å²) in [4.78, 5) is 0. The van der Waals surface area contributed by atoms with Crippen LogP contribution >= 0.6 is 0 Å². The lowest BCUT2D eigenvalue weighted by Gasteiger charge is -2.23. The molecule has 3 rings (SSSR count). The minimum absolute atomic E-state index is 0.365. The van der Waals surface area contributed by atoms with Gasteiger partial charge in [-0.1, -0.05) is 36.4 Å². The molecule has 1 N–H and O–H groups in total. The number of hydrogen-bond acceptors (Lipinski definition) is 2. The molecule has 106 valence electrons. The summed E-state index contributed by atoms with van der Waals surface area (Å²) in [6.07, 6.45) is 3.87. The third kappa shape index (κ3) is 2.58. The van der Waals surface area contributed by atoms with E-state index in [0.29, 0.717) is 12.1 Å². The fraction of sp³-hybridized carbons (Fsp3) is 0.444. The van der Waals surface area contributed by atoms with Gasteiger partial charge in [0.25, 0.3) is 0 Å². The largest absolute Gasteiger partial charge is 0.378 e. The molecule has 0 radical (unpaired) electrons. The molecule has 2 unspecified atom stereocenters. The van der Waals surface area contributed by atoms with Gasteiger partial charge in [0.1, 0.15) is 0 Å². The highest BCUT2D eigenvalue weighted by Crippen LogP contribution is 2.32. The zero-order valence-electron chi connectivity index (χ0n) is 12.4. The van der Waals surface area contributed by atoms with Crippen molar-refractivity contribution in [3.8, 4) is 0 Å². The molecule has 2 nitrogen and oxygen atoms in total. The van der Waals surface area contributed by atoms with Crippen LogP contribution < -0.4 is 5.32 Å². The van der Waals surface area contributed by atoms with Crippen molar-refractivity contribution in [3.63, 3.8) is 0 Å². The number of fused-ring (bicyclic) bond motifs is 1. The molecule has 0 spiro atoms. The van der Waals surface area contributed by atoms with Gasteiger partial charge in [-0.25, -0.2) is 0 Å². The maximum absolute atomic E-state index is 5.82. The van der Waals surface area contributed by atoms with E-state index in [0.717, 1.165) is 13.0 Å². The van der Waals surface area contributed by atoms with E-state index < -0.39 is 0 Å². The van der Waals surface area contributed by atoms with Crippen molar-refractivity contribution in [2.45, 2.75) is 38.3 Å². The Bertz CT molecular complexity index is 587. The maximum atomic E-state index is 5.82. The van der Waals surface area contributed by atoms with Crippen LogP contribution in [0.4, 0.5) is 0 Å². The Kier molecular flexibility index (Phi) is 4.04. The lowest BCUT2D eigenvalue weighted by Crippen LogP contribution is -2.23. The molecule has 0 aromatic heterocycles. The predicted molar refractivity (Wildman–Crippen MR) is 84.1 cm³/mol. The normalized spacial score (nSPS) is 20.4. The summed E-state index contributed by atoms with van der Waals surface area (Å²) in [6, 6.07) is 13.5. The number of rotatable bonds is 4. The number of aryl methyl sites for hydroxylation is 1. The molecular formula is C18H23NO. The number of hydrogen-bond donors (Lipinski definition) is 1. The van der Waals surface area contributed by atoms with Crippen molar-refractivity contribution in [2.75, 3.05) is 13.7 Å². The summed E-state index contributed by atoms with van der Waals surface area (Å²) in [5, 5.41) is 6.18. The maximum Gasteiger partial charge on any atom is 0.0594 e. The van der Waals surface area contributed by atoms with E-state index in [1.807, 2.05) is 0 Å². The minimum atomic E-state index is 0.365. The molecule has 1 aliphatic rings. The second-order valence-corrected chi connectivity index (χ2v) is 5.73. The Hall–Kier alpha value is -1.38. The van der Waals surface area contributed by atoms with Crippen molar-refractivity contribution in [2.24, 2.45) is 0 Å². The minimum Gasteiger partial charge on any atom is -0.378 e. The molecule has 2 heteroatoms. The second kappa shape index (κ2) is 5.94. The molecule has 0 amide bonds. The number of nitrogens with one attached hydrogen (secondary N) is 1. The second-order valence-electron chi connectivity index (χ2n) is 5.73. The summed E-state index contributed by atoms with van der Waals surface area (Å²) < 4.78 is 5.82. The topological polar surface area (TPSA) is 21.3 Å². The molecule has 2 aromatic rings. The lowest BCUT2D eigenvalue weighted by molar-refractivity contribution is 0.0955. The number of ether oxygens (including phenoxy) is 1. The van der Waals surface area contributed by atoms with Crippen LogP contribution in [-0.4, -0.2) is 19.8 Å². The molecule has 20 heavy (non-hydrogen) atoms. The summed E-state index contributed by atoms with van der Waals surface area (Å²) in [7, 11) is 2.06. The Morgan fingerprint density at radius 3 is 2.85 bits per heavy atom. The van der Waals surface area contributed by atoms with E-state index in [9.17, 15) is 0 Å². The van der Waals surface area contributed by atoms with Gasteiger partial charge in [-0.05, 0) is 55.1 Å². The van der Waals surface area contributed by atoms with Crippen molar-refractivity contribution in [1.29, 1.82) is 0 Å². The monoisotopic (exact) mass is 269 g/mol. The first-order chi connectivity index (χ1) is 9.79. The first kappa shape index (κ1) is 13.6. The SMILES string of the molecule is CNC(CC1CCCO1)c1c(C)ccc2ccccc12. The summed E-state index contributed by atoms with van der Waals surface area (Å²) in [6.45, 7) is 3.14. The Morgan fingerprint density at radius 2 is 2.10 bits per heavy atom. The Labute approximate surface area is 121 Å². The smallest absolute Gasteiger partial charge is 0.0594 e. The van der Waals surface area contributed by atoms with E-state index in [2.05, 4.69) is 55.7 Å². The summed E-state index contributed by atoms with van der Waals surface area (Å²) in [5.74, 6) is 0. The van der Waals surface area contributed by atoms with E-state index in [-0.39, 0.29) is 0 Å². The predicted octanol–water partition coefficient (Wildman–Crippen LogP) is 3.98. The van der Waals surface area contributed by atoms with Crippen LogP contribution in [0, 0.1) is 6.92 Å².